The van der Waals surface area contributed by atoms with Crippen LogP contribution >= 0.6 is 35.6 Å². The number of halogens is 3. The van der Waals surface area contributed by atoms with E-state index in [1.54, 1.807) is 6.07 Å². The van der Waals surface area contributed by atoms with Gasteiger partial charge < -0.3 is 10.6 Å². The van der Waals surface area contributed by atoms with Crippen LogP contribution in [0.3, 0.4) is 0 Å². The molecule has 1 aromatic rings. The second-order valence-corrected chi connectivity index (χ2v) is 6.24. The molecule has 2 atom stereocenters. The fraction of sp³-hybridized carbons (Fsp3) is 0.533. The van der Waals surface area contributed by atoms with Gasteiger partial charge in [0.1, 0.15) is 0 Å². The molecule has 0 bridgehead atoms. The van der Waals surface area contributed by atoms with E-state index < -0.39 is 0 Å². The normalized spacial score (nSPS) is 19.5. The highest BCUT2D eigenvalue weighted by atomic mass is 35.5. The molecule has 0 saturated carbocycles. The molecule has 1 saturated heterocycles. The van der Waals surface area contributed by atoms with Crippen LogP contribution in [-0.4, -0.2) is 25.0 Å². The zero-order chi connectivity index (χ0) is 14.5. The number of benzene rings is 1. The largest absolute Gasteiger partial charge is 0.353 e. The monoisotopic (exact) mass is 350 g/mol. The number of carbonyl (C=O) groups is 1. The van der Waals surface area contributed by atoms with Crippen molar-refractivity contribution < 1.29 is 4.79 Å². The molecule has 3 nitrogen and oxygen atoms in total. The molecule has 6 heteroatoms. The molecule has 1 aromatic carbocycles. The van der Waals surface area contributed by atoms with Crippen LogP contribution in [0.1, 0.15) is 25.3 Å². The van der Waals surface area contributed by atoms with E-state index in [0.717, 1.165) is 31.5 Å². The fourth-order valence-corrected chi connectivity index (χ4v) is 2.99. The Bertz CT molecular complexity index is 476. The summed E-state index contributed by atoms with van der Waals surface area (Å²) in [5.74, 6) is 0.224. The van der Waals surface area contributed by atoms with Crippen molar-refractivity contribution >= 4 is 41.5 Å². The molecule has 2 N–H and O–H groups in total. The Morgan fingerprint density at radius 3 is 2.86 bits per heavy atom. The number of nitrogens with one attached hydrogen (secondary N) is 2. The van der Waals surface area contributed by atoms with Crippen LogP contribution in [-0.2, 0) is 11.2 Å². The van der Waals surface area contributed by atoms with Gasteiger partial charge in [-0.1, -0.05) is 29.3 Å². The lowest BCUT2D eigenvalue weighted by atomic mass is 9.98. The van der Waals surface area contributed by atoms with Crippen LogP contribution < -0.4 is 10.6 Å². The maximum atomic E-state index is 12.1. The van der Waals surface area contributed by atoms with Gasteiger partial charge in [-0.2, -0.15) is 0 Å². The minimum atomic E-state index is 0. The van der Waals surface area contributed by atoms with Gasteiger partial charge in [-0.05, 0) is 50.4 Å². The minimum absolute atomic E-state index is 0. The van der Waals surface area contributed by atoms with Crippen molar-refractivity contribution in [3.05, 3.63) is 33.8 Å². The van der Waals surface area contributed by atoms with Crippen molar-refractivity contribution in [1.82, 2.24) is 10.6 Å². The standard InChI is InChI=1S/C15H20Cl2N2O.ClH/c1-10(7-11-4-5-13(16)8-14(11)17)19-15(20)12-3-2-6-18-9-12;/h4-5,8,10,12,18H,2-3,6-7,9H2,1H3,(H,19,20);1H. The van der Waals surface area contributed by atoms with E-state index in [1.165, 1.54) is 0 Å². The Labute approximate surface area is 142 Å². The SMILES string of the molecule is CC(Cc1ccc(Cl)cc1Cl)NC(=O)C1CCCNC1.Cl. The van der Waals surface area contributed by atoms with Crippen molar-refractivity contribution in [2.75, 3.05) is 13.1 Å². The Balaban J connectivity index is 0.00000220. The Hall–Kier alpha value is -0.480. The summed E-state index contributed by atoms with van der Waals surface area (Å²) in [6, 6.07) is 5.53. The molecule has 0 spiro atoms. The molecule has 1 fully saturated rings. The quantitative estimate of drug-likeness (QED) is 0.872. The zero-order valence-electron chi connectivity index (χ0n) is 12.0. The Morgan fingerprint density at radius 2 is 2.24 bits per heavy atom. The van der Waals surface area contributed by atoms with Crippen molar-refractivity contribution in [1.29, 1.82) is 0 Å². The third-order valence-corrected chi connectivity index (χ3v) is 4.18. The zero-order valence-corrected chi connectivity index (χ0v) is 14.3. The summed E-state index contributed by atoms with van der Waals surface area (Å²) in [5.41, 5.74) is 1.01. The smallest absolute Gasteiger partial charge is 0.224 e. The Morgan fingerprint density at radius 1 is 1.48 bits per heavy atom. The van der Waals surface area contributed by atoms with Gasteiger partial charge in [0.05, 0.1) is 5.92 Å². The molecule has 118 valence electrons. The molecule has 2 rings (SSSR count). The summed E-state index contributed by atoms with van der Waals surface area (Å²) in [4.78, 5) is 12.1. The van der Waals surface area contributed by atoms with Crippen LogP contribution in [0.25, 0.3) is 0 Å². The van der Waals surface area contributed by atoms with E-state index in [1.807, 2.05) is 19.1 Å². The maximum Gasteiger partial charge on any atom is 0.224 e. The minimum Gasteiger partial charge on any atom is -0.353 e. The van der Waals surface area contributed by atoms with Crippen molar-refractivity contribution in [3.63, 3.8) is 0 Å². The number of rotatable bonds is 4. The first-order valence-corrected chi connectivity index (χ1v) is 7.77. The molecule has 21 heavy (non-hydrogen) atoms. The topological polar surface area (TPSA) is 41.1 Å². The average Bonchev–Trinajstić information content (AvgIpc) is 2.43. The molecular weight excluding hydrogens is 331 g/mol. The van der Waals surface area contributed by atoms with Gasteiger partial charge in [-0.3, -0.25) is 4.79 Å². The first kappa shape index (κ1) is 18.6. The van der Waals surface area contributed by atoms with E-state index in [0.29, 0.717) is 16.5 Å². The molecule has 2 unspecified atom stereocenters. The lowest BCUT2D eigenvalue weighted by Gasteiger charge is -2.24. The maximum absolute atomic E-state index is 12.1. The third kappa shape index (κ3) is 5.67. The first-order valence-electron chi connectivity index (χ1n) is 7.01. The van der Waals surface area contributed by atoms with Crippen molar-refractivity contribution in [2.45, 2.75) is 32.2 Å². The summed E-state index contributed by atoms with van der Waals surface area (Å²) >= 11 is 12.0. The highest BCUT2D eigenvalue weighted by Crippen LogP contribution is 2.22. The lowest BCUT2D eigenvalue weighted by Crippen LogP contribution is -2.44. The lowest BCUT2D eigenvalue weighted by molar-refractivity contribution is -0.126. The molecule has 1 aliphatic heterocycles. The van der Waals surface area contributed by atoms with Crippen LogP contribution in [0.4, 0.5) is 0 Å². The van der Waals surface area contributed by atoms with Crippen molar-refractivity contribution in [2.24, 2.45) is 5.92 Å². The highest BCUT2D eigenvalue weighted by Gasteiger charge is 2.22. The van der Waals surface area contributed by atoms with Gasteiger partial charge in [0.2, 0.25) is 5.91 Å². The number of hydrogen-bond donors (Lipinski definition) is 2. The average molecular weight is 352 g/mol. The number of hydrogen-bond acceptors (Lipinski definition) is 2. The molecule has 0 radical (unpaired) electrons. The predicted octanol–water partition coefficient (Wildman–Crippen LogP) is 3.46. The second-order valence-electron chi connectivity index (χ2n) is 5.39. The summed E-state index contributed by atoms with van der Waals surface area (Å²) in [7, 11) is 0. The molecule has 1 aliphatic rings. The molecule has 0 aromatic heterocycles. The Kier molecular flexibility index (Phi) is 7.82. The summed E-state index contributed by atoms with van der Waals surface area (Å²) in [5, 5.41) is 7.61. The van der Waals surface area contributed by atoms with Gasteiger partial charge in [-0.25, -0.2) is 0 Å². The number of carbonyl (C=O) groups excluding carboxylic acids is 1. The van der Waals surface area contributed by atoms with E-state index in [2.05, 4.69) is 10.6 Å². The molecule has 0 aliphatic carbocycles. The highest BCUT2D eigenvalue weighted by molar-refractivity contribution is 6.35. The van der Waals surface area contributed by atoms with Crippen LogP contribution in [0, 0.1) is 5.92 Å². The number of piperidine rings is 1. The van der Waals surface area contributed by atoms with E-state index in [-0.39, 0.29) is 30.3 Å². The first-order chi connectivity index (χ1) is 9.56. The van der Waals surface area contributed by atoms with Crippen LogP contribution in [0.15, 0.2) is 18.2 Å². The third-order valence-electron chi connectivity index (χ3n) is 3.60. The van der Waals surface area contributed by atoms with Crippen molar-refractivity contribution in [3.8, 4) is 0 Å². The summed E-state index contributed by atoms with van der Waals surface area (Å²) in [6.45, 7) is 3.79. The fourth-order valence-electron chi connectivity index (χ4n) is 2.50. The second kappa shape index (κ2) is 8.84. The van der Waals surface area contributed by atoms with Crippen LogP contribution in [0.5, 0.6) is 0 Å². The van der Waals surface area contributed by atoms with Gasteiger partial charge in [0.25, 0.3) is 0 Å². The molecular formula is C15H21Cl3N2O. The molecule has 1 heterocycles. The summed E-state index contributed by atoms with van der Waals surface area (Å²) in [6.07, 6.45) is 2.74. The predicted molar refractivity (Wildman–Crippen MR) is 90.6 cm³/mol. The van der Waals surface area contributed by atoms with E-state index >= 15 is 0 Å². The summed E-state index contributed by atoms with van der Waals surface area (Å²) < 4.78 is 0. The number of amides is 1. The van der Waals surface area contributed by atoms with E-state index in [4.69, 9.17) is 23.2 Å². The molecule has 1 amide bonds. The van der Waals surface area contributed by atoms with E-state index in [9.17, 15) is 4.79 Å². The van der Waals surface area contributed by atoms with Gasteiger partial charge in [0, 0.05) is 22.6 Å². The van der Waals surface area contributed by atoms with Crippen LogP contribution in [0.2, 0.25) is 10.0 Å². The van der Waals surface area contributed by atoms with Gasteiger partial charge >= 0.3 is 0 Å². The van der Waals surface area contributed by atoms with Gasteiger partial charge in [-0.15, -0.1) is 12.4 Å². The van der Waals surface area contributed by atoms with Gasteiger partial charge in [0.15, 0.2) is 0 Å².